The summed E-state index contributed by atoms with van der Waals surface area (Å²) in [5, 5.41) is 3.09. The zero-order valence-electron chi connectivity index (χ0n) is 5.51. The van der Waals surface area contributed by atoms with Crippen molar-refractivity contribution in [1.82, 2.24) is 10.2 Å². The van der Waals surface area contributed by atoms with Crippen LogP contribution >= 0.6 is 0 Å². The Labute approximate surface area is 55.9 Å². The lowest BCUT2D eigenvalue weighted by Gasteiger charge is -2.11. The van der Waals surface area contributed by atoms with Gasteiger partial charge in [0.2, 0.25) is 0 Å². The molecule has 1 aliphatic heterocycles. The predicted octanol–water partition coefficient (Wildman–Crippen LogP) is 0.896. The first-order chi connectivity index (χ1) is 4.43. The van der Waals surface area contributed by atoms with Crippen molar-refractivity contribution in [1.29, 1.82) is 0 Å². The molecule has 1 aliphatic rings. The summed E-state index contributed by atoms with van der Waals surface area (Å²) in [4.78, 5) is 2.21. The van der Waals surface area contributed by atoms with E-state index in [0.717, 1.165) is 19.6 Å². The Morgan fingerprint density at radius 2 is 2.67 bits per heavy atom. The van der Waals surface area contributed by atoms with E-state index in [-0.39, 0.29) is 0 Å². The molecule has 0 aliphatic carbocycles. The van der Waals surface area contributed by atoms with Crippen LogP contribution in [0.3, 0.4) is 0 Å². The zero-order valence-corrected chi connectivity index (χ0v) is 5.51. The molecule has 0 bridgehead atoms. The maximum absolute atomic E-state index is 3.65. The van der Waals surface area contributed by atoms with Gasteiger partial charge in [0.25, 0.3) is 0 Å². The Morgan fingerprint density at radius 1 is 1.78 bits per heavy atom. The molecule has 0 amide bonds. The second kappa shape index (κ2) is 3.17. The van der Waals surface area contributed by atoms with Gasteiger partial charge in [0.1, 0.15) is 0 Å². The third-order valence-corrected chi connectivity index (χ3v) is 1.32. The molecule has 0 aromatic rings. The van der Waals surface area contributed by atoms with Crippen molar-refractivity contribution in [3.8, 4) is 0 Å². The molecule has 1 N–H and O–H groups in total. The summed E-state index contributed by atoms with van der Waals surface area (Å²) in [7, 11) is 0. The third kappa shape index (κ3) is 1.80. The predicted molar refractivity (Wildman–Crippen MR) is 38.7 cm³/mol. The summed E-state index contributed by atoms with van der Waals surface area (Å²) < 4.78 is 0. The van der Waals surface area contributed by atoms with Crippen molar-refractivity contribution in [3.63, 3.8) is 0 Å². The topological polar surface area (TPSA) is 15.3 Å². The van der Waals surface area contributed by atoms with E-state index in [4.69, 9.17) is 0 Å². The minimum atomic E-state index is 0.952. The molecule has 0 fully saturated rings. The first-order valence-corrected chi connectivity index (χ1v) is 3.18. The normalized spacial score (nSPS) is 15.8. The Bertz CT molecular complexity index is 118. The fraction of sp³-hybridized carbons (Fsp3) is 0.429. The molecule has 2 heteroatoms. The largest absolute Gasteiger partial charge is 0.373 e. The lowest BCUT2D eigenvalue weighted by molar-refractivity contribution is 0.399. The van der Waals surface area contributed by atoms with Crippen LogP contribution < -0.4 is 5.32 Å². The lowest BCUT2D eigenvalue weighted by atomic mass is 10.4. The number of nitrogens with one attached hydrogen (secondary N) is 1. The average Bonchev–Trinajstić information content (AvgIpc) is 2.34. The van der Waals surface area contributed by atoms with E-state index >= 15 is 0 Å². The van der Waals surface area contributed by atoms with E-state index in [1.165, 1.54) is 0 Å². The van der Waals surface area contributed by atoms with Gasteiger partial charge in [-0.1, -0.05) is 6.08 Å². The quantitative estimate of drug-likeness (QED) is 0.562. The van der Waals surface area contributed by atoms with E-state index in [1.54, 1.807) is 0 Å². The summed E-state index contributed by atoms with van der Waals surface area (Å²) in [6.45, 7) is 5.68. The first kappa shape index (κ1) is 6.20. The Balaban J connectivity index is 2.12. The second-order valence-corrected chi connectivity index (χ2v) is 2.07. The molecule has 2 nitrogen and oxygen atoms in total. The van der Waals surface area contributed by atoms with Crippen molar-refractivity contribution in [3.05, 3.63) is 25.1 Å². The molecule has 50 valence electrons. The highest BCUT2D eigenvalue weighted by molar-refractivity contribution is 4.87. The minimum absolute atomic E-state index is 0.952. The minimum Gasteiger partial charge on any atom is -0.373 e. The highest BCUT2D eigenvalue weighted by atomic mass is 15.2. The van der Waals surface area contributed by atoms with Crippen LogP contribution in [0.2, 0.25) is 0 Å². The van der Waals surface area contributed by atoms with Crippen LogP contribution in [-0.2, 0) is 0 Å². The molecule has 0 radical (unpaired) electrons. The van der Waals surface area contributed by atoms with Gasteiger partial charge in [-0.2, -0.15) is 0 Å². The molecule has 0 saturated heterocycles. The maximum Gasteiger partial charge on any atom is 0.0867 e. The third-order valence-electron chi connectivity index (χ3n) is 1.32. The highest BCUT2D eigenvalue weighted by Crippen LogP contribution is 1.95. The smallest absolute Gasteiger partial charge is 0.0867 e. The van der Waals surface area contributed by atoms with Gasteiger partial charge in [-0.05, 0) is 6.42 Å². The average molecular weight is 124 g/mol. The van der Waals surface area contributed by atoms with Crippen molar-refractivity contribution in [2.45, 2.75) is 6.42 Å². The monoisotopic (exact) mass is 124 g/mol. The molecular weight excluding hydrogens is 112 g/mol. The Kier molecular flexibility index (Phi) is 2.19. The number of hydrogen-bond donors (Lipinski definition) is 1. The van der Waals surface area contributed by atoms with Gasteiger partial charge in [0.15, 0.2) is 0 Å². The molecule has 1 heterocycles. The van der Waals surface area contributed by atoms with Gasteiger partial charge in [-0.25, -0.2) is 0 Å². The fourth-order valence-corrected chi connectivity index (χ4v) is 0.791. The number of nitrogens with zero attached hydrogens (tertiary/aromatic N) is 1. The van der Waals surface area contributed by atoms with Gasteiger partial charge in [-0.15, -0.1) is 6.58 Å². The van der Waals surface area contributed by atoms with E-state index in [9.17, 15) is 0 Å². The standard InChI is InChI=1S/C7H12N2/c1-2-3-5-9-6-4-8-7-9/h2,4,6,8H,1,3,5,7H2. The summed E-state index contributed by atoms with van der Waals surface area (Å²) in [5.74, 6) is 0. The first-order valence-electron chi connectivity index (χ1n) is 3.18. The summed E-state index contributed by atoms with van der Waals surface area (Å²) in [6, 6.07) is 0. The fourth-order valence-electron chi connectivity index (χ4n) is 0.791. The van der Waals surface area contributed by atoms with E-state index in [0.29, 0.717) is 0 Å². The SMILES string of the molecule is C=CCCN1C=CNC1. The van der Waals surface area contributed by atoms with Crippen LogP contribution in [0.1, 0.15) is 6.42 Å². The van der Waals surface area contributed by atoms with Crippen LogP contribution in [0.4, 0.5) is 0 Å². The summed E-state index contributed by atoms with van der Waals surface area (Å²) >= 11 is 0. The molecule has 9 heavy (non-hydrogen) atoms. The number of hydrogen-bond acceptors (Lipinski definition) is 2. The van der Waals surface area contributed by atoms with E-state index < -0.39 is 0 Å². The molecule has 0 spiro atoms. The van der Waals surface area contributed by atoms with Crippen molar-refractivity contribution < 1.29 is 0 Å². The van der Waals surface area contributed by atoms with Gasteiger partial charge in [0, 0.05) is 18.9 Å². The Morgan fingerprint density at radius 3 is 3.22 bits per heavy atom. The highest BCUT2D eigenvalue weighted by Gasteiger charge is 1.99. The van der Waals surface area contributed by atoms with Crippen LogP contribution in [0.15, 0.2) is 25.1 Å². The van der Waals surface area contributed by atoms with Crippen LogP contribution in [0.5, 0.6) is 0 Å². The van der Waals surface area contributed by atoms with Crippen molar-refractivity contribution in [2.24, 2.45) is 0 Å². The van der Waals surface area contributed by atoms with Crippen LogP contribution in [0, 0.1) is 0 Å². The molecule has 0 aromatic carbocycles. The van der Waals surface area contributed by atoms with Crippen molar-refractivity contribution in [2.75, 3.05) is 13.2 Å². The number of rotatable bonds is 3. The van der Waals surface area contributed by atoms with Crippen molar-refractivity contribution >= 4 is 0 Å². The van der Waals surface area contributed by atoms with Gasteiger partial charge in [-0.3, -0.25) is 0 Å². The second-order valence-electron chi connectivity index (χ2n) is 2.07. The van der Waals surface area contributed by atoms with Gasteiger partial charge < -0.3 is 10.2 Å². The van der Waals surface area contributed by atoms with E-state index in [1.807, 2.05) is 12.3 Å². The lowest BCUT2D eigenvalue weighted by Crippen LogP contribution is -2.21. The van der Waals surface area contributed by atoms with Gasteiger partial charge >= 0.3 is 0 Å². The summed E-state index contributed by atoms with van der Waals surface area (Å²) in [5.41, 5.74) is 0. The molecule has 0 unspecified atom stereocenters. The Hall–Kier alpha value is -0.920. The van der Waals surface area contributed by atoms with E-state index in [2.05, 4.69) is 23.0 Å². The van der Waals surface area contributed by atoms with Gasteiger partial charge in [0.05, 0.1) is 6.67 Å². The molecular formula is C7H12N2. The van der Waals surface area contributed by atoms with Crippen LogP contribution in [-0.4, -0.2) is 18.1 Å². The van der Waals surface area contributed by atoms with Crippen LogP contribution in [0.25, 0.3) is 0 Å². The zero-order chi connectivity index (χ0) is 6.53. The molecule has 0 saturated carbocycles. The summed E-state index contributed by atoms with van der Waals surface area (Å²) in [6.07, 6.45) is 7.02. The molecule has 0 atom stereocenters. The molecule has 1 rings (SSSR count). The molecule has 0 aromatic heterocycles. The maximum atomic E-state index is 3.65.